The molecule has 0 unspecified atom stereocenters. The molecule has 0 radical (unpaired) electrons. The van der Waals surface area contributed by atoms with Gasteiger partial charge >= 0.3 is 0 Å². The molecule has 2 heterocycles. The molecule has 0 saturated carbocycles. The van der Waals surface area contributed by atoms with Crippen LogP contribution < -0.4 is 14.5 Å². The molecule has 0 fully saturated rings. The summed E-state index contributed by atoms with van der Waals surface area (Å²) in [6.07, 6.45) is -0.747. The summed E-state index contributed by atoms with van der Waals surface area (Å²) in [6, 6.07) is 12.5. The molecule has 1 aliphatic heterocycles. The molecule has 28 heavy (non-hydrogen) atoms. The van der Waals surface area contributed by atoms with E-state index >= 15 is 0 Å². The summed E-state index contributed by atoms with van der Waals surface area (Å²) in [5.74, 6) is 1.42. The smallest absolute Gasteiger partial charge is 0.269 e. The van der Waals surface area contributed by atoms with Gasteiger partial charge in [-0.15, -0.1) is 0 Å². The molecule has 1 aliphatic rings. The Morgan fingerprint density at radius 1 is 1.07 bits per heavy atom. The summed E-state index contributed by atoms with van der Waals surface area (Å²) in [4.78, 5) is 26.1. The largest absolute Gasteiger partial charge is 0.479 e. The topological polar surface area (TPSA) is 58.6 Å². The Morgan fingerprint density at radius 3 is 2.43 bits per heavy atom. The lowest BCUT2D eigenvalue weighted by Gasteiger charge is -2.34. The van der Waals surface area contributed by atoms with Gasteiger partial charge in [-0.1, -0.05) is 35.3 Å². The van der Waals surface area contributed by atoms with Crippen molar-refractivity contribution in [3.8, 4) is 5.75 Å². The number of carbonyl (C=O) groups is 1. The first-order valence-corrected chi connectivity index (χ1v) is 9.60. The molecule has 6 nitrogen and oxygen atoms in total. The van der Waals surface area contributed by atoms with E-state index in [0.29, 0.717) is 40.5 Å². The van der Waals surface area contributed by atoms with Crippen molar-refractivity contribution < 1.29 is 9.53 Å². The van der Waals surface area contributed by atoms with Crippen LogP contribution in [0.1, 0.15) is 6.92 Å². The average Bonchev–Trinajstić information content (AvgIpc) is 2.69. The molecule has 1 atom stereocenters. The Hall–Kier alpha value is -2.57. The van der Waals surface area contributed by atoms with E-state index in [2.05, 4.69) is 9.97 Å². The lowest BCUT2D eigenvalue weighted by molar-refractivity contribution is -0.124. The fraction of sp³-hybridized carbons (Fsp3) is 0.250. The van der Waals surface area contributed by atoms with Crippen LogP contribution in [0.2, 0.25) is 10.0 Å². The highest BCUT2D eigenvalue weighted by Crippen LogP contribution is 2.32. The highest BCUT2D eigenvalue weighted by atomic mass is 35.5. The molecule has 1 aromatic heterocycles. The van der Waals surface area contributed by atoms with Gasteiger partial charge < -0.3 is 9.64 Å². The first kappa shape index (κ1) is 18.8. The van der Waals surface area contributed by atoms with E-state index in [1.54, 1.807) is 30.0 Å². The summed E-state index contributed by atoms with van der Waals surface area (Å²) in [5.41, 5.74) is 1.53. The molecule has 0 spiro atoms. The van der Waals surface area contributed by atoms with Gasteiger partial charge in [0.25, 0.3) is 5.91 Å². The van der Waals surface area contributed by atoms with Crippen LogP contribution in [0, 0.1) is 0 Å². The standard InChI is InChI=1S/C20H18Cl2N4O2/c1-12(28-17-8-7-13(21)11-14(17)22)20(27)26-10-9-25(2)18-19(26)24-16-6-4-3-5-15(16)23-18/h3-8,11-12H,9-10H2,1-2H3/t12-/m1/s1. The Kier molecular flexibility index (Phi) is 5.00. The number of anilines is 2. The van der Waals surface area contributed by atoms with E-state index in [-0.39, 0.29) is 5.91 Å². The number of ether oxygens (including phenoxy) is 1. The van der Waals surface area contributed by atoms with Gasteiger partial charge in [-0.05, 0) is 37.3 Å². The quantitative estimate of drug-likeness (QED) is 0.640. The van der Waals surface area contributed by atoms with E-state index in [0.717, 1.165) is 11.0 Å². The van der Waals surface area contributed by atoms with E-state index in [9.17, 15) is 4.79 Å². The third kappa shape index (κ3) is 3.45. The Balaban J connectivity index is 1.65. The molecule has 4 rings (SSSR count). The van der Waals surface area contributed by atoms with Gasteiger partial charge in [0, 0.05) is 25.2 Å². The second kappa shape index (κ2) is 7.45. The van der Waals surface area contributed by atoms with E-state index in [1.165, 1.54) is 0 Å². The number of carbonyl (C=O) groups excluding carboxylic acids is 1. The number of benzene rings is 2. The summed E-state index contributed by atoms with van der Waals surface area (Å²) >= 11 is 12.1. The minimum absolute atomic E-state index is 0.204. The lowest BCUT2D eigenvalue weighted by atomic mass is 10.2. The fourth-order valence-electron chi connectivity index (χ4n) is 3.13. The van der Waals surface area contributed by atoms with Crippen LogP contribution in [0.15, 0.2) is 42.5 Å². The van der Waals surface area contributed by atoms with Crippen molar-refractivity contribution in [2.45, 2.75) is 13.0 Å². The van der Waals surface area contributed by atoms with Crippen molar-refractivity contribution in [3.63, 3.8) is 0 Å². The second-order valence-electron chi connectivity index (χ2n) is 6.61. The number of nitrogens with zero attached hydrogens (tertiary/aromatic N) is 4. The normalized spacial score (nSPS) is 14.7. The molecule has 1 amide bonds. The third-order valence-electron chi connectivity index (χ3n) is 4.62. The van der Waals surface area contributed by atoms with Gasteiger partial charge in [0.15, 0.2) is 17.7 Å². The molecule has 8 heteroatoms. The van der Waals surface area contributed by atoms with Crippen LogP contribution in [0.25, 0.3) is 11.0 Å². The highest BCUT2D eigenvalue weighted by molar-refractivity contribution is 6.35. The molecule has 144 valence electrons. The number of likely N-dealkylation sites (N-methyl/N-ethyl adjacent to an activating group) is 1. The number of fused-ring (bicyclic) bond motifs is 2. The molecule has 0 saturated heterocycles. The van der Waals surface area contributed by atoms with Crippen molar-refractivity contribution in [1.82, 2.24) is 9.97 Å². The lowest BCUT2D eigenvalue weighted by Crippen LogP contribution is -2.48. The summed E-state index contributed by atoms with van der Waals surface area (Å²) < 4.78 is 5.80. The second-order valence-corrected chi connectivity index (χ2v) is 7.45. The first-order valence-electron chi connectivity index (χ1n) is 8.85. The zero-order valence-corrected chi connectivity index (χ0v) is 16.9. The molecule has 0 N–H and O–H groups in total. The minimum atomic E-state index is -0.747. The van der Waals surface area contributed by atoms with Gasteiger partial charge in [0.2, 0.25) is 0 Å². The highest BCUT2D eigenvalue weighted by Gasteiger charge is 2.32. The number of hydrogen-bond donors (Lipinski definition) is 0. The van der Waals surface area contributed by atoms with Crippen LogP contribution >= 0.6 is 23.2 Å². The number of amides is 1. The summed E-state index contributed by atoms with van der Waals surface area (Å²) in [6.45, 7) is 2.84. The Morgan fingerprint density at radius 2 is 1.75 bits per heavy atom. The first-order chi connectivity index (χ1) is 13.4. The third-order valence-corrected chi connectivity index (χ3v) is 5.15. The van der Waals surface area contributed by atoms with Crippen molar-refractivity contribution in [2.24, 2.45) is 0 Å². The SMILES string of the molecule is C[C@@H](Oc1ccc(Cl)cc1Cl)C(=O)N1CCN(C)c2nc3ccccc3nc21. The van der Waals surface area contributed by atoms with E-state index < -0.39 is 6.10 Å². The fourth-order valence-corrected chi connectivity index (χ4v) is 3.58. The van der Waals surface area contributed by atoms with Gasteiger partial charge in [0.05, 0.1) is 16.1 Å². The van der Waals surface area contributed by atoms with E-state index in [1.807, 2.05) is 36.2 Å². The Bertz CT molecular complexity index is 1060. The molecular weight excluding hydrogens is 399 g/mol. The molecule has 2 aromatic carbocycles. The van der Waals surface area contributed by atoms with Crippen molar-refractivity contribution in [2.75, 3.05) is 29.9 Å². The maximum absolute atomic E-state index is 13.1. The summed E-state index contributed by atoms with van der Waals surface area (Å²) in [7, 11) is 1.94. The minimum Gasteiger partial charge on any atom is -0.479 e. The average molecular weight is 417 g/mol. The Labute approximate surface area is 172 Å². The van der Waals surface area contributed by atoms with Gasteiger partial charge in [0.1, 0.15) is 5.75 Å². The van der Waals surface area contributed by atoms with Crippen LogP contribution in [-0.2, 0) is 4.79 Å². The maximum atomic E-state index is 13.1. The van der Waals surface area contributed by atoms with Gasteiger partial charge in [-0.25, -0.2) is 9.97 Å². The monoisotopic (exact) mass is 416 g/mol. The van der Waals surface area contributed by atoms with Crippen molar-refractivity contribution >= 4 is 51.8 Å². The zero-order valence-electron chi connectivity index (χ0n) is 15.4. The van der Waals surface area contributed by atoms with Gasteiger partial charge in [-0.3, -0.25) is 9.69 Å². The molecule has 3 aromatic rings. The van der Waals surface area contributed by atoms with Crippen LogP contribution in [0.3, 0.4) is 0 Å². The number of para-hydroxylation sites is 2. The van der Waals surface area contributed by atoms with Crippen molar-refractivity contribution in [3.05, 3.63) is 52.5 Å². The predicted octanol–water partition coefficient (Wildman–Crippen LogP) is 4.19. The van der Waals surface area contributed by atoms with Crippen LogP contribution in [0.4, 0.5) is 11.6 Å². The number of aromatic nitrogens is 2. The maximum Gasteiger partial charge on any atom is 0.269 e. The van der Waals surface area contributed by atoms with Gasteiger partial charge in [-0.2, -0.15) is 0 Å². The van der Waals surface area contributed by atoms with E-state index in [4.69, 9.17) is 27.9 Å². The molecule has 0 aliphatic carbocycles. The number of rotatable bonds is 3. The summed E-state index contributed by atoms with van der Waals surface area (Å²) in [5, 5.41) is 0.864. The predicted molar refractivity (Wildman–Crippen MR) is 112 cm³/mol. The zero-order chi connectivity index (χ0) is 19.8. The van der Waals surface area contributed by atoms with Crippen molar-refractivity contribution in [1.29, 1.82) is 0 Å². The number of hydrogen-bond acceptors (Lipinski definition) is 5. The van der Waals surface area contributed by atoms with Crippen LogP contribution in [0.5, 0.6) is 5.75 Å². The van der Waals surface area contributed by atoms with Crippen LogP contribution in [-0.4, -0.2) is 42.1 Å². The molecule has 0 bridgehead atoms. The molecular formula is C20H18Cl2N4O2. The number of halogens is 2.